The first-order valence-electron chi connectivity index (χ1n) is 10.3. The summed E-state index contributed by atoms with van der Waals surface area (Å²) in [6.07, 6.45) is 6.69. The summed E-state index contributed by atoms with van der Waals surface area (Å²) in [4.78, 5) is 51.4. The van der Waals surface area contributed by atoms with Gasteiger partial charge in [0.1, 0.15) is 5.76 Å². The molecule has 0 bridgehead atoms. The third-order valence-electron chi connectivity index (χ3n) is 5.09. The Labute approximate surface area is 180 Å². The molecular weight excluding hydrogens is 404 g/mol. The Bertz CT molecular complexity index is 930. The minimum Gasteiger partial charge on any atom is -0.465 e. The van der Waals surface area contributed by atoms with Crippen molar-refractivity contribution in [2.75, 3.05) is 58.3 Å². The number of piperazine rings is 1. The van der Waals surface area contributed by atoms with Gasteiger partial charge < -0.3 is 14.4 Å². The van der Waals surface area contributed by atoms with E-state index in [2.05, 4.69) is 15.0 Å². The SMILES string of the molecule is CCOC(=O)CN1CCN(c2nc([N+](C)(C)C(=O)OC3=CCCC=C3)[nH]c(=O)n2)CC1. The number of quaternary nitrogens is 1. The highest BCUT2D eigenvalue weighted by molar-refractivity contribution is 5.80. The van der Waals surface area contributed by atoms with Crippen molar-refractivity contribution in [2.24, 2.45) is 0 Å². The highest BCUT2D eigenvalue weighted by Crippen LogP contribution is 2.20. The smallest absolute Gasteiger partial charge is 0.465 e. The van der Waals surface area contributed by atoms with Crippen LogP contribution in [0.4, 0.5) is 16.7 Å². The number of carbonyl (C=O) groups is 2. The van der Waals surface area contributed by atoms with Crippen molar-refractivity contribution in [3.05, 3.63) is 34.5 Å². The first kappa shape index (κ1) is 22.6. The average Bonchev–Trinajstić information content (AvgIpc) is 2.74. The molecule has 0 radical (unpaired) electrons. The molecule has 11 heteroatoms. The predicted octanol–water partition coefficient (Wildman–Crippen LogP) is 0.787. The zero-order valence-electron chi connectivity index (χ0n) is 18.2. The molecule has 168 valence electrons. The molecule has 0 atom stereocenters. The molecule has 0 aromatic carbocycles. The Balaban J connectivity index is 1.69. The van der Waals surface area contributed by atoms with Crippen LogP contribution in [0.15, 0.2) is 28.8 Å². The van der Waals surface area contributed by atoms with Gasteiger partial charge in [-0.3, -0.25) is 9.69 Å². The summed E-state index contributed by atoms with van der Waals surface area (Å²) in [5, 5.41) is 0. The van der Waals surface area contributed by atoms with Crippen molar-refractivity contribution >= 4 is 24.0 Å². The molecule has 1 amide bonds. The third-order valence-corrected chi connectivity index (χ3v) is 5.09. The van der Waals surface area contributed by atoms with Crippen molar-refractivity contribution in [1.82, 2.24) is 24.3 Å². The summed E-state index contributed by atoms with van der Waals surface area (Å²) in [5.74, 6) is 0.600. The Hall–Kier alpha value is -3.05. The predicted molar refractivity (Wildman–Crippen MR) is 115 cm³/mol. The maximum atomic E-state index is 12.8. The number of ether oxygens (including phenoxy) is 2. The molecule has 0 saturated carbocycles. The molecule has 2 heterocycles. The molecule has 1 saturated heterocycles. The second-order valence-electron chi connectivity index (χ2n) is 7.75. The number of hydrogen-bond donors (Lipinski definition) is 1. The van der Waals surface area contributed by atoms with Gasteiger partial charge in [0.25, 0.3) is 0 Å². The minimum absolute atomic E-state index is 0.134. The number of aromatic nitrogens is 3. The maximum Gasteiger partial charge on any atom is 0.528 e. The van der Waals surface area contributed by atoms with Gasteiger partial charge in [0, 0.05) is 26.2 Å². The van der Waals surface area contributed by atoms with Crippen LogP contribution in [0.1, 0.15) is 19.8 Å². The van der Waals surface area contributed by atoms with E-state index in [1.165, 1.54) is 0 Å². The number of amides is 1. The van der Waals surface area contributed by atoms with E-state index in [1.807, 2.05) is 22.0 Å². The van der Waals surface area contributed by atoms with Gasteiger partial charge in [-0.25, -0.2) is 9.78 Å². The first-order valence-corrected chi connectivity index (χ1v) is 10.3. The molecule has 3 rings (SSSR count). The number of hydrogen-bond acceptors (Lipinski definition) is 9. The van der Waals surface area contributed by atoms with Crippen LogP contribution in [0, 0.1) is 0 Å². The van der Waals surface area contributed by atoms with Crippen LogP contribution in [0.5, 0.6) is 0 Å². The molecule has 1 aliphatic carbocycles. The number of rotatable bonds is 6. The van der Waals surface area contributed by atoms with E-state index in [4.69, 9.17) is 9.47 Å². The Morgan fingerprint density at radius 3 is 2.55 bits per heavy atom. The highest BCUT2D eigenvalue weighted by atomic mass is 16.6. The molecule has 0 spiro atoms. The number of anilines is 1. The van der Waals surface area contributed by atoms with Gasteiger partial charge in [-0.1, -0.05) is 6.08 Å². The van der Waals surface area contributed by atoms with Crippen molar-refractivity contribution in [3.8, 4) is 0 Å². The largest absolute Gasteiger partial charge is 0.528 e. The zero-order chi connectivity index (χ0) is 22.4. The molecule has 1 aliphatic heterocycles. The summed E-state index contributed by atoms with van der Waals surface area (Å²) in [5.41, 5.74) is -0.593. The van der Waals surface area contributed by atoms with E-state index >= 15 is 0 Å². The maximum absolute atomic E-state index is 12.8. The fourth-order valence-electron chi connectivity index (χ4n) is 3.23. The van der Waals surface area contributed by atoms with Crippen LogP contribution in [0.2, 0.25) is 0 Å². The quantitative estimate of drug-likeness (QED) is 0.513. The molecule has 2 aliphatic rings. The van der Waals surface area contributed by atoms with Crippen molar-refractivity contribution < 1.29 is 19.1 Å². The molecule has 1 N–H and O–H groups in total. The molecule has 1 aromatic heterocycles. The number of nitrogens with zero attached hydrogens (tertiary/aromatic N) is 5. The van der Waals surface area contributed by atoms with Gasteiger partial charge in [0.2, 0.25) is 5.95 Å². The number of nitrogens with one attached hydrogen (secondary N) is 1. The van der Waals surface area contributed by atoms with Crippen LogP contribution in [0.25, 0.3) is 0 Å². The number of H-pyrrole nitrogens is 1. The molecule has 11 nitrogen and oxygen atoms in total. The summed E-state index contributed by atoms with van der Waals surface area (Å²) in [6, 6.07) is 0. The lowest BCUT2D eigenvalue weighted by Crippen LogP contribution is -2.51. The van der Waals surface area contributed by atoms with E-state index in [1.54, 1.807) is 27.1 Å². The second-order valence-corrected chi connectivity index (χ2v) is 7.75. The zero-order valence-corrected chi connectivity index (χ0v) is 18.2. The minimum atomic E-state index is -0.593. The van der Waals surface area contributed by atoms with E-state index in [0.29, 0.717) is 38.5 Å². The van der Waals surface area contributed by atoms with E-state index < -0.39 is 16.3 Å². The molecule has 1 aromatic rings. The number of allylic oxidation sites excluding steroid dienone is 3. The van der Waals surface area contributed by atoms with Crippen LogP contribution < -0.4 is 15.1 Å². The lowest BCUT2D eigenvalue weighted by molar-refractivity contribution is -0.144. The number of carbonyl (C=O) groups excluding carboxylic acids is 2. The fraction of sp³-hybridized carbons (Fsp3) is 0.550. The monoisotopic (exact) mass is 433 g/mol. The Morgan fingerprint density at radius 2 is 1.90 bits per heavy atom. The standard InChI is InChI=1S/C20H28N6O5/c1-4-30-16(27)14-24-10-12-25(13-11-24)17-21-18(23-19(28)22-17)26(2,3)20(29)31-15-8-6-5-7-9-15/h6,8-9H,4-5,7,10-14H2,1-3H3/p+1. The van der Waals surface area contributed by atoms with Crippen LogP contribution in [0.3, 0.4) is 0 Å². The average molecular weight is 433 g/mol. The number of aromatic amines is 1. The van der Waals surface area contributed by atoms with Crippen molar-refractivity contribution in [1.29, 1.82) is 0 Å². The van der Waals surface area contributed by atoms with E-state index in [-0.39, 0.29) is 24.4 Å². The molecule has 1 fully saturated rings. The molecular formula is C20H29N6O5+. The fourth-order valence-corrected chi connectivity index (χ4v) is 3.23. The van der Waals surface area contributed by atoms with Crippen molar-refractivity contribution in [2.45, 2.75) is 19.8 Å². The summed E-state index contributed by atoms with van der Waals surface area (Å²) in [7, 11) is 3.18. The van der Waals surface area contributed by atoms with Crippen molar-refractivity contribution in [3.63, 3.8) is 0 Å². The topological polar surface area (TPSA) is 118 Å². The summed E-state index contributed by atoms with van der Waals surface area (Å²) >= 11 is 0. The normalized spacial score (nSPS) is 17.3. The third kappa shape index (κ3) is 5.76. The summed E-state index contributed by atoms with van der Waals surface area (Å²) < 4.78 is 10.0. The Kier molecular flexibility index (Phi) is 7.18. The van der Waals surface area contributed by atoms with Gasteiger partial charge in [-0.2, -0.15) is 14.3 Å². The lowest BCUT2D eigenvalue weighted by atomic mass is 10.2. The molecule has 0 unspecified atom stereocenters. The van der Waals surface area contributed by atoms with Crippen LogP contribution in [-0.4, -0.2) is 85.3 Å². The summed E-state index contributed by atoms with van der Waals surface area (Å²) in [6.45, 7) is 4.64. The van der Waals surface area contributed by atoms with Crippen LogP contribution in [-0.2, 0) is 14.3 Å². The van der Waals surface area contributed by atoms with Crippen LogP contribution >= 0.6 is 0 Å². The second kappa shape index (κ2) is 9.84. The number of esters is 1. The lowest BCUT2D eigenvalue weighted by Gasteiger charge is -2.34. The van der Waals surface area contributed by atoms with Gasteiger partial charge in [0.15, 0.2) is 0 Å². The van der Waals surface area contributed by atoms with E-state index in [9.17, 15) is 14.4 Å². The van der Waals surface area contributed by atoms with Gasteiger partial charge in [0.05, 0.1) is 27.2 Å². The van der Waals surface area contributed by atoms with E-state index in [0.717, 1.165) is 12.8 Å². The van der Waals surface area contributed by atoms with Gasteiger partial charge in [-0.05, 0) is 31.9 Å². The molecule has 31 heavy (non-hydrogen) atoms. The Morgan fingerprint density at radius 1 is 1.16 bits per heavy atom. The highest BCUT2D eigenvalue weighted by Gasteiger charge is 2.36. The van der Waals surface area contributed by atoms with Gasteiger partial charge in [-0.15, -0.1) is 4.98 Å². The first-order chi connectivity index (χ1) is 14.8. The van der Waals surface area contributed by atoms with Gasteiger partial charge >= 0.3 is 23.7 Å².